The summed E-state index contributed by atoms with van der Waals surface area (Å²) >= 11 is 0. The molecule has 0 atom stereocenters. The van der Waals surface area contributed by atoms with Gasteiger partial charge in [-0.2, -0.15) is 0 Å². The second-order valence-electron chi connectivity index (χ2n) is 7.02. The van der Waals surface area contributed by atoms with Gasteiger partial charge in [-0.25, -0.2) is 0 Å². The fourth-order valence-corrected chi connectivity index (χ4v) is 4.20. The van der Waals surface area contributed by atoms with Crippen LogP contribution in [0, 0.1) is 6.92 Å². The number of carboxylic acids is 1. The molecule has 2 fully saturated rings. The van der Waals surface area contributed by atoms with Crippen LogP contribution < -0.4 is 4.90 Å². The molecule has 0 amide bonds. The van der Waals surface area contributed by atoms with Crippen LogP contribution in [0.2, 0.25) is 0 Å². The average molecular weight is 301 g/mol. The minimum Gasteiger partial charge on any atom is -0.481 e. The van der Waals surface area contributed by atoms with Gasteiger partial charge in [-0.05, 0) is 50.7 Å². The highest BCUT2D eigenvalue weighted by Crippen LogP contribution is 2.44. The molecule has 0 bridgehead atoms. The largest absolute Gasteiger partial charge is 0.481 e. The number of nitrogens with zero attached hydrogens (tertiary/aromatic N) is 1. The number of anilines is 1. The smallest absolute Gasteiger partial charge is 0.314 e. The lowest BCUT2D eigenvalue weighted by atomic mass is 9.68. The fourth-order valence-electron chi connectivity index (χ4n) is 4.20. The van der Waals surface area contributed by atoms with E-state index in [1.165, 1.54) is 36.9 Å². The molecule has 3 heteroatoms. The van der Waals surface area contributed by atoms with Crippen LogP contribution in [-0.2, 0) is 10.2 Å². The van der Waals surface area contributed by atoms with Gasteiger partial charge in [0.15, 0.2) is 0 Å². The third-order valence-electron chi connectivity index (χ3n) is 5.48. The molecule has 1 aliphatic heterocycles. The number of aliphatic carboxylic acids is 1. The van der Waals surface area contributed by atoms with Gasteiger partial charge in [-0.15, -0.1) is 0 Å². The molecule has 3 nitrogen and oxygen atoms in total. The van der Waals surface area contributed by atoms with Crippen LogP contribution in [0.25, 0.3) is 0 Å². The van der Waals surface area contributed by atoms with Gasteiger partial charge in [0.2, 0.25) is 0 Å². The van der Waals surface area contributed by atoms with E-state index in [2.05, 4.69) is 30.0 Å². The quantitative estimate of drug-likeness (QED) is 0.906. The van der Waals surface area contributed by atoms with Crippen molar-refractivity contribution in [3.8, 4) is 0 Å². The summed E-state index contributed by atoms with van der Waals surface area (Å²) in [5.41, 5.74) is 2.75. The lowest BCUT2D eigenvalue weighted by Gasteiger charge is -2.39. The van der Waals surface area contributed by atoms with Crippen molar-refractivity contribution in [2.75, 3.05) is 18.0 Å². The summed E-state index contributed by atoms with van der Waals surface area (Å²) in [6.07, 6.45) is 8.51. The lowest BCUT2D eigenvalue weighted by Crippen LogP contribution is -2.40. The Kier molecular flexibility index (Phi) is 4.42. The standard InChI is InChI=1S/C19H27NO2/c1-15-8-9-17(20-12-6-3-7-13-20)16(14-15)19(18(21)22)10-4-2-5-11-19/h8-9,14H,2-7,10-13H2,1H3,(H,21,22). The van der Waals surface area contributed by atoms with Crippen LogP contribution in [0.5, 0.6) is 0 Å². The van der Waals surface area contributed by atoms with Gasteiger partial charge >= 0.3 is 5.97 Å². The molecule has 0 aromatic heterocycles. The van der Waals surface area contributed by atoms with Crippen molar-refractivity contribution in [2.45, 2.75) is 63.7 Å². The van der Waals surface area contributed by atoms with Gasteiger partial charge in [-0.1, -0.05) is 37.0 Å². The van der Waals surface area contributed by atoms with Crippen molar-refractivity contribution < 1.29 is 9.90 Å². The third kappa shape index (κ3) is 2.73. The molecule has 1 aromatic carbocycles. The Bertz CT molecular complexity index is 540. The van der Waals surface area contributed by atoms with Gasteiger partial charge in [0, 0.05) is 18.8 Å². The lowest BCUT2D eigenvalue weighted by molar-refractivity contribution is -0.145. The molecule has 120 valence electrons. The van der Waals surface area contributed by atoms with Gasteiger partial charge in [0.25, 0.3) is 0 Å². The number of carboxylic acid groups (broad SMARTS) is 1. The minimum absolute atomic E-state index is 0.629. The molecule has 1 aromatic rings. The van der Waals surface area contributed by atoms with E-state index in [-0.39, 0.29) is 0 Å². The Morgan fingerprint density at radius 3 is 2.32 bits per heavy atom. The zero-order valence-corrected chi connectivity index (χ0v) is 13.6. The van der Waals surface area contributed by atoms with Crippen molar-refractivity contribution in [1.29, 1.82) is 0 Å². The van der Waals surface area contributed by atoms with E-state index >= 15 is 0 Å². The molecule has 0 spiro atoms. The maximum Gasteiger partial charge on any atom is 0.314 e. The highest BCUT2D eigenvalue weighted by molar-refractivity contribution is 5.84. The minimum atomic E-state index is -0.670. The van der Waals surface area contributed by atoms with Crippen molar-refractivity contribution in [3.63, 3.8) is 0 Å². The molecule has 1 saturated carbocycles. The second-order valence-corrected chi connectivity index (χ2v) is 7.02. The Labute approximate surface area is 133 Å². The maximum absolute atomic E-state index is 12.2. The van der Waals surface area contributed by atoms with Gasteiger partial charge in [-0.3, -0.25) is 4.79 Å². The van der Waals surface area contributed by atoms with Crippen molar-refractivity contribution in [1.82, 2.24) is 0 Å². The van der Waals surface area contributed by atoms with Crippen molar-refractivity contribution in [3.05, 3.63) is 29.3 Å². The zero-order valence-electron chi connectivity index (χ0n) is 13.6. The molecule has 2 aliphatic rings. The van der Waals surface area contributed by atoms with E-state index in [0.29, 0.717) is 0 Å². The molecule has 1 N–H and O–H groups in total. The first-order valence-corrected chi connectivity index (χ1v) is 8.73. The SMILES string of the molecule is Cc1ccc(N2CCCCC2)c(C2(C(=O)O)CCCCC2)c1. The summed E-state index contributed by atoms with van der Waals surface area (Å²) in [5.74, 6) is -0.629. The monoisotopic (exact) mass is 301 g/mol. The maximum atomic E-state index is 12.2. The highest BCUT2D eigenvalue weighted by atomic mass is 16.4. The molecule has 0 unspecified atom stereocenters. The van der Waals surface area contributed by atoms with Crippen LogP contribution in [0.1, 0.15) is 62.5 Å². The average Bonchev–Trinajstić information content (AvgIpc) is 2.56. The predicted molar refractivity (Wildman–Crippen MR) is 89.6 cm³/mol. The summed E-state index contributed by atoms with van der Waals surface area (Å²) in [5, 5.41) is 10.0. The number of benzene rings is 1. The Morgan fingerprint density at radius 2 is 1.68 bits per heavy atom. The zero-order chi connectivity index (χ0) is 15.6. The first-order chi connectivity index (χ1) is 10.6. The molecule has 3 rings (SSSR count). The molecule has 1 heterocycles. The predicted octanol–water partition coefficient (Wildman–Crippen LogP) is 4.27. The van der Waals surface area contributed by atoms with E-state index in [9.17, 15) is 9.90 Å². The van der Waals surface area contributed by atoms with E-state index in [4.69, 9.17) is 0 Å². The normalized spacial score (nSPS) is 21.6. The summed E-state index contributed by atoms with van der Waals surface area (Å²) < 4.78 is 0. The molecule has 0 radical (unpaired) electrons. The molecule has 1 aliphatic carbocycles. The number of hydrogen-bond acceptors (Lipinski definition) is 2. The Balaban J connectivity index is 2.06. The van der Waals surface area contributed by atoms with Crippen molar-refractivity contribution in [2.24, 2.45) is 0 Å². The third-order valence-corrected chi connectivity index (χ3v) is 5.48. The second kappa shape index (κ2) is 6.31. The number of aryl methyl sites for hydroxylation is 1. The highest BCUT2D eigenvalue weighted by Gasteiger charge is 2.43. The number of piperidine rings is 1. The van der Waals surface area contributed by atoms with E-state index in [1.807, 2.05) is 0 Å². The number of carbonyl (C=O) groups is 1. The van der Waals surface area contributed by atoms with Gasteiger partial charge in [0.05, 0.1) is 5.41 Å². The van der Waals surface area contributed by atoms with Crippen molar-refractivity contribution >= 4 is 11.7 Å². The molecular weight excluding hydrogens is 274 g/mol. The van der Waals surface area contributed by atoms with E-state index < -0.39 is 11.4 Å². The molecular formula is C19H27NO2. The topological polar surface area (TPSA) is 40.5 Å². The Morgan fingerprint density at radius 1 is 1.05 bits per heavy atom. The summed E-state index contributed by atoms with van der Waals surface area (Å²) in [4.78, 5) is 14.6. The number of rotatable bonds is 3. The number of hydrogen-bond donors (Lipinski definition) is 1. The van der Waals surface area contributed by atoms with Crippen LogP contribution in [0.4, 0.5) is 5.69 Å². The summed E-state index contributed by atoms with van der Waals surface area (Å²) in [6.45, 7) is 4.19. The van der Waals surface area contributed by atoms with Gasteiger partial charge in [0.1, 0.15) is 0 Å². The van der Waals surface area contributed by atoms with Crippen LogP contribution >= 0.6 is 0 Å². The van der Waals surface area contributed by atoms with E-state index in [1.54, 1.807) is 0 Å². The summed E-state index contributed by atoms with van der Waals surface area (Å²) in [6, 6.07) is 6.43. The first kappa shape index (κ1) is 15.4. The fraction of sp³-hybridized carbons (Fsp3) is 0.632. The van der Waals surface area contributed by atoms with Crippen LogP contribution in [0.3, 0.4) is 0 Å². The molecule has 22 heavy (non-hydrogen) atoms. The molecule has 1 saturated heterocycles. The Hall–Kier alpha value is -1.51. The first-order valence-electron chi connectivity index (χ1n) is 8.73. The van der Waals surface area contributed by atoms with Crippen LogP contribution in [-0.4, -0.2) is 24.2 Å². The van der Waals surface area contributed by atoms with E-state index in [0.717, 1.165) is 44.3 Å². The van der Waals surface area contributed by atoms with Gasteiger partial charge < -0.3 is 10.0 Å². The van der Waals surface area contributed by atoms with Crippen LogP contribution in [0.15, 0.2) is 18.2 Å². The summed E-state index contributed by atoms with van der Waals surface area (Å²) in [7, 11) is 0.